The van der Waals surface area contributed by atoms with Crippen molar-refractivity contribution < 1.29 is 5.11 Å². The van der Waals surface area contributed by atoms with Crippen LogP contribution < -0.4 is 5.32 Å². The van der Waals surface area contributed by atoms with Gasteiger partial charge in [-0.05, 0) is 28.3 Å². The molecule has 1 aliphatic carbocycles. The lowest BCUT2D eigenvalue weighted by atomic mass is 9.83. The van der Waals surface area contributed by atoms with Crippen molar-refractivity contribution >= 4 is 10.8 Å². The molecule has 0 aromatic heterocycles. The Labute approximate surface area is 108 Å². The Morgan fingerprint density at radius 2 is 1.89 bits per heavy atom. The summed E-state index contributed by atoms with van der Waals surface area (Å²) >= 11 is 0. The molecule has 0 bridgehead atoms. The van der Waals surface area contributed by atoms with Gasteiger partial charge in [-0.2, -0.15) is 0 Å². The lowest BCUT2D eigenvalue weighted by Crippen LogP contribution is -2.42. The van der Waals surface area contributed by atoms with E-state index in [1.54, 1.807) is 0 Å². The van der Waals surface area contributed by atoms with Crippen LogP contribution >= 0.6 is 0 Å². The van der Waals surface area contributed by atoms with E-state index in [9.17, 15) is 5.11 Å². The van der Waals surface area contributed by atoms with Gasteiger partial charge in [-0.15, -0.1) is 0 Å². The highest BCUT2D eigenvalue weighted by Gasteiger charge is 2.28. The van der Waals surface area contributed by atoms with E-state index in [1.807, 2.05) is 12.1 Å². The molecule has 2 aromatic rings. The van der Waals surface area contributed by atoms with Crippen LogP contribution in [0.4, 0.5) is 0 Å². The molecule has 0 radical (unpaired) electrons. The summed E-state index contributed by atoms with van der Waals surface area (Å²) in [5.74, 6) is 0. The Morgan fingerprint density at radius 1 is 1.17 bits per heavy atom. The Bertz CT molecular complexity index is 571. The number of benzene rings is 2. The van der Waals surface area contributed by atoms with E-state index in [0.29, 0.717) is 6.04 Å². The van der Waals surface area contributed by atoms with Gasteiger partial charge in [0.1, 0.15) is 0 Å². The fourth-order valence-electron chi connectivity index (χ4n) is 3.01. The molecule has 1 aliphatic rings. The van der Waals surface area contributed by atoms with Gasteiger partial charge in [0.05, 0.1) is 6.10 Å². The predicted octanol–water partition coefficient (Wildman–Crippen LogP) is 2.80. The molecule has 2 unspecified atom stereocenters. The summed E-state index contributed by atoms with van der Waals surface area (Å²) in [4.78, 5) is 0. The highest BCUT2D eigenvalue weighted by molar-refractivity contribution is 5.90. The van der Waals surface area contributed by atoms with E-state index in [2.05, 4.69) is 43.4 Å². The molecular weight excluding hydrogens is 222 g/mol. The van der Waals surface area contributed by atoms with E-state index in [1.165, 1.54) is 16.3 Å². The summed E-state index contributed by atoms with van der Waals surface area (Å²) in [7, 11) is 0. The Balaban J connectivity index is 2.12. The molecule has 2 heteroatoms. The van der Waals surface area contributed by atoms with E-state index < -0.39 is 6.10 Å². The van der Waals surface area contributed by atoms with Crippen LogP contribution in [0.2, 0.25) is 0 Å². The van der Waals surface area contributed by atoms with Crippen molar-refractivity contribution in [3.8, 4) is 0 Å². The molecular formula is C16H19NO. The van der Waals surface area contributed by atoms with Gasteiger partial charge in [-0.3, -0.25) is 0 Å². The van der Waals surface area contributed by atoms with E-state index in [-0.39, 0.29) is 6.04 Å². The van der Waals surface area contributed by atoms with Crippen molar-refractivity contribution in [2.75, 3.05) is 0 Å². The third-order valence-corrected chi connectivity index (χ3v) is 3.71. The van der Waals surface area contributed by atoms with Crippen LogP contribution in [0.3, 0.4) is 0 Å². The highest BCUT2D eigenvalue weighted by atomic mass is 16.3. The molecule has 2 atom stereocenters. The van der Waals surface area contributed by atoms with Gasteiger partial charge in [0.25, 0.3) is 0 Å². The first-order valence-corrected chi connectivity index (χ1v) is 6.61. The van der Waals surface area contributed by atoms with Crippen LogP contribution in [0.15, 0.2) is 36.4 Å². The van der Waals surface area contributed by atoms with Crippen LogP contribution in [0.25, 0.3) is 10.8 Å². The third-order valence-electron chi connectivity index (χ3n) is 3.71. The first-order valence-electron chi connectivity index (χ1n) is 6.61. The zero-order chi connectivity index (χ0) is 12.7. The maximum absolute atomic E-state index is 10.5. The highest BCUT2D eigenvalue weighted by Crippen LogP contribution is 2.35. The summed E-state index contributed by atoms with van der Waals surface area (Å²) < 4.78 is 0. The molecule has 0 amide bonds. The third kappa shape index (κ3) is 1.82. The van der Waals surface area contributed by atoms with Crippen LogP contribution in [-0.2, 0) is 6.42 Å². The molecule has 3 rings (SSSR count). The number of hydrogen-bond donors (Lipinski definition) is 2. The monoisotopic (exact) mass is 241 g/mol. The average Bonchev–Trinajstić information content (AvgIpc) is 2.35. The molecule has 0 saturated heterocycles. The lowest BCUT2D eigenvalue weighted by Gasteiger charge is -2.32. The van der Waals surface area contributed by atoms with Crippen LogP contribution in [0.5, 0.6) is 0 Å². The van der Waals surface area contributed by atoms with Gasteiger partial charge >= 0.3 is 0 Å². The smallest absolute Gasteiger partial charge is 0.0952 e. The molecule has 2 N–H and O–H groups in total. The maximum atomic E-state index is 10.5. The number of aliphatic hydroxyl groups is 1. The molecule has 0 aliphatic heterocycles. The van der Waals surface area contributed by atoms with Gasteiger partial charge in [-0.25, -0.2) is 0 Å². The normalized spacial score (nSPS) is 22.7. The Hall–Kier alpha value is -1.38. The summed E-state index contributed by atoms with van der Waals surface area (Å²) in [5.41, 5.74) is 2.40. The topological polar surface area (TPSA) is 32.3 Å². The van der Waals surface area contributed by atoms with Gasteiger partial charge < -0.3 is 10.4 Å². The fourth-order valence-corrected chi connectivity index (χ4v) is 3.01. The minimum atomic E-state index is -0.411. The minimum Gasteiger partial charge on any atom is -0.387 e. The van der Waals surface area contributed by atoms with E-state index in [4.69, 9.17) is 0 Å². The second kappa shape index (κ2) is 4.38. The van der Waals surface area contributed by atoms with Crippen LogP contribution in [-0.4, -0.2) is 17.2 Å². The fraction of sp³-hybridized carbons (Fsp3) is 0.375. The lowest BCUT2D eigenvalue weighted by molar-refractivity contribution is 0.122. The van der Waals surface area contributed by atoms with Crippen molar-refractivity contribution in [3.05, 3.63) is 47.5 Å². The van der Waals surface area contributed by atoms with Crippen molar-refractivity contribution in [1.82, 2.24) is 5.32 Å². The summed E-state index contributed by atoms with van der Waals surface area (Å²) in [6.45, 7) is 4.24. The number of rotatable bonds is 2. The predicted molar refractivity (Wildman–Crippen MR) is 74.7 cm³/mol. The molecule has 2 aromatic carbocycles. The first-order chi connectivity index (χ1) is 8.66. The molecule has 0 heterocycles. The number of aliphatic hydroxyl groups excluding tert-OH is 1. The zero-order valence-electron chi connectivity index (χ0n) is 10.9. The quantitative estimate of drug-likeness (QED) is 0.847. The molecule has 0 fully saturated rings. The number of hydrogen-bond acceptors (Lipinski definition) is 2. The molecule has 94 valence electrons. The second-order valence-corrected chi connectivity index (χ2v) is 5.44. The van der Waals surface area contributed by atoms with Gasteiger partial charge in [0.2, 0.25) is 0 Å². The van der Waals surface area contributed by atoms with Crippen molar-refractivity contribution in [2.45, 2.75) is 38.5 Å². The standard InChI is InChI=1S/C16H19NO/c1-10(2)17-14-9-12-7-3-5-11-6-4-8-13(15(11)12)16(14)18/h3-8,10,14,16-18H,9H2,1-2H3. The molecule has 0 saturated carbocycles. The van der Waals surface area contributed by atoms with Crippen molar-refractivity contribution in [3.63, 3.8) is 0 Å². The minimum absolute atomic E-state index is 0.116. The summed E-state index contributed by atoms with van der Waals surface area (Å²) in [5, 5.41) is 16.5. The van der Waals surface area contributed by atoms with Gasteiger partial charge in [-0.1, -0.05) is 50.2 Å². The maximum Gasteiger partial charge on any atom is 0.0952 e. The van der Waals surface area contributed by atoms with E-state index >= 15 is 0 Å². The average molecular weight is 241 g/mol. The summed E-state index contributed by atoms with van der Waals surface area (Å²) in [6.07, 6.45) is 0.485. The first kappa shape index (κ1) is 11.7. The Morgan fingerprint density at radius 3 is 2.61 bits per heavy atom. The van der Waals surface area contributed by atoms with Gasteiger partial charge in [0.15, 0.2) is 0 Å². The molecule has 2 nitrogen and oxygen atoms in total. The van der Waals surface area contributed by atoms with Crippen molar-refractivity contribution in [1.29, 1.82) is 0 Å². The second-order valence-electron chi connectivity index (χ2n) is 5.44. The van der Waals surface area contributed by atoms with Crippen LogP contribution in [0, 0.1) is 0 Å². The van der Waals surface area contributed by atoms with E-state index in [0.717, 1.165) is 12.0 Å². The zero-order valence-corrected chi connectivity index (χ0v) is 10.9. The number of nitrogens with one attached hydrogen (secondary N) is 1. The van der Waals surface area contributed by atoms with Crippen molar-refractivity contribution in [2.24, 2.45) is 0 Å². The largest absolute Gasteiger partial charge is 0.387 e. The SMILES string of the molecule is CC(C)NC1Cc2cccc3cccc(c23)C1O. The summed E-state index contributed by atoms with van der Waals surface area (Å²) in [6, 6.07) is 13.1. The molecule has 0 spiro atoms. The van der Waals surface area contributed by atoms with Gasteiger partial charge in [0, 0.05) is 12.1 Å². The Kier molecular flexibility index (Phi) is 2.84. The van der Waals surface area contributed by atoms with Crippen LogP contribution in [0.1, 0.15) is 31.1 Å². The molecule has 18 heavy (non-hydrogen) atoms.